The molecule has 0 radical (unpaired) electrons. The number of hydrogen-bond acceptors (Lipinski definition) is 1. The van der Waals surface area contributed by atoms with Crippen molar-refractivity contribution in [1.82, 2.24) is 5.32 Å². The van der Waals surface area contributed by atoms with Gasteiger partial charge in [-0.05, 0) is 20.3 Å². The highest BCUT2D eigenvalue weighted by molar-refractivity contribution is 6.30. The molecule has 0 heterocycles. The van der Waals surface area contributed by atoms with Crippen molar-refractivity contribution in [2.75, 3.05) is 0 Å². The van der Waals surface area contributed by atoms with Gasteiger partial charge in [0, 0.05) is 6.04 Å². The lowest BCUT2D eigenvalue weighted by atomic mass is 10.2. The summed E-state index contributed by atoms with van der Waals surface area (Å²) in [5.41, 5.74) is 0. The quantitative estimate of drug-likeness (QED) is 0.629. The molecular formula is C7H14ClNO. The molecule has 0 saturated carbocycles. The van der Waals surface area contributed by atoms with Crippen LogP contribution in [0.5, 0.6) is 0 Å². The third-order valence-electron chi connectivity index (χ3n) is 1.36. The van der Waals surface area contributed by atoms with Crippen LogP contribution in [0.2, 0.25) is 0 Å². The summed E-state index contributed by atoms with van der Waals surface area (Å²) in [7, 11) is 0. The highest BCUT2D eigenvalue weighted by Crippen LogP contribution is 1.95. The monoisotopic (exact) mass is 163 g/mol. The van der Waals surface area contributed by atoms with Gasteiger partial charge in [0.2, 0.25) is 5.91 Å². The highest BCUT2D eigenvalue weighted by atomic mass is 35.5. The van der Waals surface area contributed by atoms with Crippen molar-refractivity contribution >= 4 is 17.5 Å². The molecule has 0 aliphatic heterocycles. The summed E-state index contributed by atoms with van der Waals surface area (Å²) in [6.45, 7) is 5.64. The van der Waals surface area contributed by atoms with Crippen molar-refractivity contribution in [3.63, 3.8) is 0 Å². The van der Waals surface area contributed by atoms with Crippen LogP contribution in [0.4, 0.5) is 0 Å². The maximum absolute atomic E-state index is 10.9. The normalized spacial score (nSPS) is 16.0. The first-order chi connectivity index (χ1) is 4.57. The maximum atomic E-state index is 10.9. The van der Waals surface area contributed by atoms with E-state index in [-0.39, 0.29) is 11.9 Å². The largest absolute Gasteiger partial charge is 0.352 e. The van der Waals surface area contributed by atoms with Gasteiger partial charge in [-0.15, -0.1) is 11.6 Å². The van der Waals surface area contributed by atoms with E-state index in [1.54, 1.807) is 6.92 Å². The van der Waals surface area contributed by atoms with Crippen LogP contribution in [0.25, 0.3) is 0 Å². The van der Waals surface area contributed by atoms with Crippen LogP contribution in [-0.4, -0.2) is 17.3 Å². The Hall–Kier alpha value is -0.240. The predicted molar refractivity (Wildman–Crippen MR) is 43.2 cm³/mol. The molecule has 0 aromatic carbocycles. The van der Waals surface area contributed by atoms with Gasteiger partial charge in [0.05, 0.1) is 0 Å². The number of carbonyl (C=O) groups is 1. The third kappa shape index (κ3) is 3.72. The zero-order valence-corrected chi connectivity index (χ0v) is 7.40. The van der Waals surface area contributed by atoms with Crippen LogP contribution >= 0.6 is 11.6 Å². The molecular weight excluding hydrogens is 150 g/mol. The Morgan fingerprint density at radius 1 is 1.60 bits per heavy atom. The summed E-state index contributed by atoms with van der Waals surface area (Å²) in [5.74, 6) is -0.0870. The van der Waals surface area contributed by atoms with E-state index in [0.29, 0.717) is 0 Å². The number of rotatable bonds is 3. The van der Waals surface area contributed by atoms with E-state index >= 15 is 0 Å². The molecule has 0 bridgehead atoms. The smallest absolute Gasteiger partial charge is 0.237 e. The fourth-order valence-electron chi connectivity index (χ4n) is 0.460. The second-order valence-corrected chi connectivity index (χ2v) is 3.09. The molecule has 2 atom stereocenters. The van der Waals surface area contributed by atoms with E-state index in [4.69, 9.17) is 11.6 Å². The van der Waals surface area contributed by atoms with Crippen LogP contribution in [0.15, 0.2) is 0 Å². The molecule has 0 aromatic rings. The number of hydrogen-bond donors (Lipinski definition) is 1. The average Bonchev–Trinajstić information content (AvgIpc) is 1.87. The van der Waals surface area contributed by atoms with Crippen molar-refractivity contribution in [1.29, 1.82) is 0 Å². The lowest BCUT2D eigenvalue weighted by molar-refractivity contribution is -0.121. The van der Waals surface area contributed by atoms with Gasteiger partial charge in [-0.25, -0.2) is 0 Å². The molecule has 0 unspecified atom stereocenters. The van der Waals surface area contributed by atoms with Gasteiger partial charge >= 0.3 is 0 Å². The van der Waals surface area contributed by atoms with E-state index in [1.807, 2.05) is 13.8 Å². The van der Waals surface area contributed by atoms with E-state index in [2.05, 4.69) is 5.32 Å². The second kappa shape index (κ2) is 4.56. The van der Waals surface area contributed by atoms with E-state index in [9.17, 15) is 4.79 Å². The third-order valence-corrected chi connectivity index (χ3v) is 1.56. The summed E-state index contributed by atoms with van der Waals surface area (Å²) < 4.78 is 0. The van der Waals surface area contributed by atoms with Crippen LogP contribution in [0, 0.1) is 0 Å². The maximum Gasteiger partial charge on any atom is 0.237 e. The fourth-order valence-corrected chi connectivity index (χ4v) is 0.523. The van der Waals surface area contributed by atoms with Gasteiger partial charge in [-0.3, -0.25) is 4.79 Å². The number of nitrogens with one attached hydrogen (secondary N) is 1. The Labute approximate surface area is 66.9 Å². The van der Waals surface area contributed by atoms with Crippen LogP contribution < -0.4 is 5.32 Å². The van der Waals surface area contributed by atoms with E-state index in [0.717, 1.165) is 6.42 Å². The molecule has 1 N–H and O–H groups in total. The zero-order chi connectivity index (χ0) is 8.15. The summed E-state index contributed by atoms with van der Waals surface area (Å²) in [6, 6.07) is 0.230. The molecule has 0 aromatic heterocycles. The lowest BCUT2D eigenvalue weighted by Gasteiger charge is -2.11. The summed E-state index contributed by atoms with van der Waals surface area (Å²) in [6.07, 6.45) is 0.940. The molecule has 0 saturated heterocycles. The fraction of sp³-hybridized carbons (Fsp3) is 0.857. The molecule has 1 amide bonds. The first-order valence-corrected chi connectivity index (χ1v) is 3.96. The van der Waals surface area contributed by atoms with Gasteiger partial charge < -0.3 is 5.32 Å². The Kier molecular flexibility index (Phi) is 4.45. The molecule has 0 spiro atoms. The Morgan fingerprint density at radius 3 is 2.40 bits per heavy atom. The standard InChI is InChI=1S/C7H14ClNO/c1-4-5(2)9-7(10)6(3)8/h5-6H,4H2,1-3H3,(H,9,10)/t5-,6+/m1/s1. The minimum Gasteiger partial charge on any atom is -0.352 e. The first-order valence-electron chi connectivity index (χ1n) is 3.52. The lowest BCUT2D eigenvalue weighted by Crippen LogP contribution is -2.36. The van der Waals surface area contributed by atoms with Crippen molar-refractivity contribution in [2.24, 2.45) is 0 Å². The average molecular weight is 164 g/mol. The summed E-state index contributed by atoms with van der Waals surface area (Å²) in [4.78, 5) is 10.9. The van der Waals surface area contributed by atoms with Crippen molar-refractivity contribution < 1.29 is 4.79 Å². The number of carbonyl (C=O) groups excluding carboxylic acids is 1. The number of alkyl halides is 1. The summed E-state index contributed by atoms with van der Waals surface area (Å²) in [5, 5.41) is 2.34. The van der Waals surface area contributed by atoms with Crippen LogP contribution in [0.1, 0.15) is 27.2 Å². The zero-order valence-electron chi connectivity index (χ0n) is 6.65. The molecule has 0 rings (SSSR count). The predicted octanol–water partition coefficient (Wildman–Crippen LogP) is 1.53. The van der Waals surface area contributed by atoms with Crippen molar-refractivity contribution in [2.45, 2.75) is 38.6 Å². The number of halogens is 1. The minimum atomic E-state index is -0.422. The second-order valence-electron chi connectivity index (χ2n) is 2.43. The van der Waals surface area contributed by atoms with Crippen molar-refractivity contribution in [3.8, 4) is 0 Å². The molecule has 10 heavy (non-hydrogen) atoms. The molecule has 0 fully saturated rings. The van der Waals surface area contributed by atoms with E-state index in [1.165, 1.54) is 0 Å². The highest BCUT2D eigenvalue weighted by Gasteiger charge is 2.10. The topological polar surface area (TPSA) is 29.1 Å². The summed E-state index contributed by atoms with van der Waals surface area (Å²) >= 11 is 5.52. The first kappa shape index (κ1) is 9.76. The minimum absolute atomic E-state index is 0.0870. The van der Waals surface area contributed by atoms with Gasteiger partial charge in [-0.2, -0.15) is 0 Å². The van der Waals surface area contributed by atoms with Gasteiger partial charge in [0.15, 0.2) is 0 Å². The molecule has 2 nitrogen and oxygen atoms in total. The number of amides is 1. The Morgan fingerprint density at radius 2 is 2.10 bits per heavy atom. The molecule has 0 aliphatic rings. The molecule has 60 valence electrons. The molecule has 0 aliphatic carbocycles. The Bertz CT molecular complexity index is 114. The SMILES string of the molecule is CC[C@@H](C)NC(=O)[C@H](C)Cl. The van der Waals surface area contributed by atoms with E-state index < -0.39 is 5.38 Å². The van der Waals surface area contributed by atoms with Gasteiger partial charge in [-0.1, -0.05) is 6.92 Å². The van der Waals surface area contributed by atoms with Gasteiger partial charge in [0.1, 0.15) is 5.38 Å². The Balaban J connectivity index is 3.57. The van der Waals surface area contributed by atoms with Crippen LogP contribution in [-0.2, 0) is 4.79 Å². The van der Waals surface area contributed by atoms with Crippen LogP contribution in [0.3, 0.4) is 0 Å². The van der Waals surface area contributed by atoms with Crippen molar-refractivity contribution in [3.05, 3.63) is 0 Å². The molecule has 3 heteroatoms. The van der Waals surface area contributed by atoms with Gasteiger partial charge in [0.25, 0.3) is 0 Å².